The van der Waals surface area contributed by atoms with Crippen LogP contribution in [0, 0.1) is 0 Å². The normalized spacial score (nSPS) is 16.0. The molecule has 0 spiro atoms. The number of isocyanates is 1. The molecule has 0 saturated heterocycles. The molecule has 1 aliphatic heterocycles. The smallest absolute Gasteiger partial charge is 0.331 e. The number of rotatable bonds is 0. The van der Waals surface area contributed by atoms with Crippen molar-refractivity contribution in [3.05, 3.63) is 0 Å². The minimum Gasteiger partial charge on any atom is -0.453 e. The van der Waals surface area contributed by atoms with Crippen LogP contribution in [0.5, 0.6) is 0 Å². The van der Waals surface area contributed by atoms with Gasteiger partial charge in [-0.15, -0.1) is 4.99 Å². The zero-order valence-corrected chi connectivity index (χ0v) is 4.33. The molecule has 1 rings (SSSR count). The van der Waals surface area contributed by atoms with Crippen molar-refractivity contribution in [3.8, 4) is 0 Å². The lowest BCUT2D eigenvalue weighted by atomic mass is 10.7. The van der Waals surface area contributed by atoms with Crippen LogP contribution < -0.4 is 0 Å². The molecule has 0 saturated carbocycles. The van der Waals surface area contributed by atoms with Gasteiger partial charge in [-0.05, 0) is 0 Å². The largest absolute Gasteiger partial charge is 0.453 e. The van der Waals surface area contributed by atoms with Crippen molar-refractivity contribution >= 4 is 18.0 Å². The monoisotopic (exact) mass is 126 g/mol. The minimum absolute atomic E-state index is 0.124. The van der Waals surface area contributed by atoms with Gasteiger partial charge in [0.25, 0.3) is 5.91 Å². The standard InChI is InChI=1S/C4H2N2O3/c7-2-5-4-6-3(8)1-9-4/h1H2. The Balaban J connectivity index is 2.73. The van der Waals surface area contributed by atoms with Gasteiger partial charge in [0.1, 0.15) is 0 Å². The molecular weight excluding hydrogens is 124 g/mol. The molecule has 0 radical (unpaired) electrons. The summed E-state index contributed by atoms with van der Waals surface area (Å²) in [4.78, 5) is 25.9. The molecular formula is C4H2N2O3. The number of carbonyl (C=O) groups excluding carboxylic acids is 2. The van der Waals surface area contributed by atoms with Crippen LogP contribution in [0.3, 0.4) is 0 Å². The van der Waals surface area contributed by atoms with Gasteiger partial charge in [0, 0.05) is 0 Å². The number of amides is 1. The third-order valence-electron chi connectivity index (χ3n) is 0.686. The minimum atomic E-state index is -0.427. The lowest BCUT2D eigenvalue weighted by Crippen LogP contribution is -1.95. The summed E-state index contributed by atoms with van der Waals surface area (Å²) in [5.74, 6) is -0.427. The molecule has 0 aromatic rings. The lowest BCUT2D eigenvalue weighted by molar-refractivity contribution is -0.118. The molecule has 0 N–H and O–H groups in total. The number of amidine groups is 1. The van der Waals surface area contributed by atoms with Crippen molar-refractivity contribution in [1.82, 2.24) is 0 Å². The van der Waals surface area contributed by atoms with Gasteiger partial charge in [-0.1, -0.05) is 0 Å². The number of ether oxygens (including phenoxy) is 1. The maximum absolute atomic E-state index is 10.2. The maximum Gasteiger partial charge on any atom is 0.331 e. The first kappa shape index (κ1) is 5.65. The van der Waals surface area contributed by atoms with E-state index in [4.69, 9.17) is 0 Å². The van der Waals surface area contributed by atoms with Gasteiger partial charge < -0.3 is 4.74 Å². The Bertz CT molecular complexity index is 214. The van der Waals surface area contributed by atoms with Gasteiger partial charge in [-0.2, -0.15) is 4.99 Å². The summed E-state index contributed by atoms with van der Waals surface area (Å²) in [5.41, 5.74) is 0. The SMILES string of the molecule is O=C=NC1=NC(=O)CO1. The van der Waals surface area contributed by atoms with E-state index in [-0.39, 0.29) is 12.6 Å². The Hall–Kier alpha value is -1.48. The van der Waals surface area contributed by atoms with Gasteiger partial charge >= 0.3 is 6.02 Å². The Kier molecular flexibility index (Phi) is 1.38. The molecule has 1 aliphatic rings. The van der Waals surface area contributed by atoms with Gasteiger partial charge in [-0.25, -0.2) is 4.79 Å². The summed E-state index contributed by atoms with van der Waals surface area (Å²) in [7, 11) is 0. The van der Waals surface area contributed by atoms with Crippen molar-refractivity contribution in [1.29, 1.82) is 0 Å². The van der Waals surface area contributed by atoms with Gasteiger partial charge in [-0.3, -0.25) is 4.79 Å². The lowest BCUT2D eigenvalue weighted by Gasteiger charge is -1.84. The van der Waals surface area contributed by atoms with Crippen LogP contribution in [0.1, 0.15) is 0 Å². The number of hydrogen-bond acceptors (Lipinski definition) is 4. The van der Waals surface area contributed by atoms with E-state index in [1.165, 1.54) is 6.08 Å². The van der Waals surface area contributed by atoms with Crippen molar-refractivity contribution in [2.75, 3.05) is 6.61 Å². The van der Waals surface area contributed by atoms with Crippen molar-refractivity contribution in [2.45, 2.75) is 0 Å². The highest BCUT2D eigenvalue weighted by atomic mass is 16.5. The first-order valence-corrected chi connectivity index (χ1v) is 2.15. The second-order valence-corrected chi connectivity index (χ2v) is 1.28. The van der Waals surface area contributed by atoms with Crippen LogP contribution in [0.15, 0.2) is 9.98 Å². The van der Waals surface area contributed by atoms with Crippen LogP contribution in [-0.2, 0) is 14.3 Å². The van der Waals surface area contributed by atoms with E-state index in [0.29, 0.717) is 0 Å². The highest BCUT2D eigenvalue weighted by molar-refractivity contribution is 5.97. The van der Waals surface area contributed by atoms with Crippen LogP contribution in [0.2, 0.25) is 0 Å². The summed E-state index contributed by atoms with van der Waals surface area (Å²) in [6.45, 7) is -0.124. The molecule has 0 aromatic heterocycles. The van der Waals surface area contributed by atoms with Crippen molar-refractivity contribution in [2.24, 2.45) is 9.98 Å². The van der Waals surface area contributed by atoms with Crippen molar-refractivity contribution in [3.63, 3.8) is 0 Å². The van der Waals surface area contributed by atoms with E-state index < -0.39 is 5.91 Å². The summed E-state index contributed by atoms with van der Waals surface area (Å²) in [6.07, 6.45) is 1.20. The fraction of sp³-hybridized carbons (Fsp3) is 0.250. The Morgan fingerprint density at radius 3 is 3.00 bits per heavy atom. The molecule has 5 nitrogen and oxygen atoms in total. The summed E-state index contributed by atoms with van der Waals surface area (Å²) >= 11 is 0. The Labute approximate surface area is 50.1 Å². The quantitative estimate of drug-likeness (QED) is 0.316. The molecule has 0 aromatic carbocycles. The zero-order valence-electron chi connectivity index (χ0n) is 4.33. The molecule has 0 unspecified atom stereocenters. The van der Waals surface area contributed by atoms with E-state index in [1.54, 1.807) is 0 Å². The van der Waals surface area contributed by atoms with Crippen LogP contribution in [0.4, 0.5) is 0 Å². The van der Waals surface area contributed by atoms with Gasteiger partial charge in [0.2, 0.25) is 6.08 Å². The maximum atomic E-state index is 10.2. The molecule has 0 aliphatic carbocycles. The Morgan fingerprint density at radius 1 is 1.78 bits per heavy atom. The first-order chi connectivity index (χ1) is 4.33. The molecule has 0 fully saturated rings. The first-order valence-electron chi connectivity index (χ1n) is 2.15. The molecule has 5 heteroatoms. The predicted octanol–water partition coefficient (Wildman–Crippen LogP) is -0.765. The van der Waals surface area contributed by atoms with E-state index in [2.05, 4.69) is 14.7 Å². The topological polar surface area (TPSA) is 68.1 Å². The van der Waals surface area contributed by atoms with Gasteiger partial charge in [0.15, 0.2) is 6.61 Å². The third-order valence-corrected chi connectivity index (χ3v) is 0.686. The summed E-state index contributed by atoms with van der Waals surface area (Å²) < 4.78 is 4.48. The zero-order chi connectivity index (χ0) is 6.69. The highest BCUT2D eigenvalue weighted by Crippen LogP contribution is 1.94. The molecule has 46 valence electrons. The molecule has 0 atom stereocenters. The highest BCUT2D eigenvalue weighted by Gasteiger charge is 2.13. The molecule has 1 amide bonds. The summed E-state index contributed by atoms with van der Waals surface area (Å²) in [5, 5.41) is 0. The number of nitrogens with zero attached hydrogens (tertiary/aromatic N) is 2. The summed E-state index contributed by atoms with van der Waals surface area (Å²) in [6, 6.07) is -0.199. The fourth-order valence-electron chi connectivity index (χ4n) is 0.394. The van der Waals surface area contributed by atoms with Crippen LogP contribution >= 0.6 is 0 Å². The van der Waals surface area contributed by atoms with E-state index in [1.807, 2.05) is 0 Å². The second kappa shape index (κ2) is 2.19. The average molecular weight is 126 g/mol. The van der Waals surface area contributed by atoms with E-state index in [9.17, 15) is 9.59 Å². The third kappa shape index (κ3) is 1.20. The Morgan fingerprint density at radius 2 is 2.56 bits per heavy atom. The van der Waals surface area contributed by atoms with Gasteiger partial charge in [0.05, 0.1) is 0 Å². The van der Waals surface area contributed by atoms with Crippen LogP contribution in [0.25, 0.3) is 0 Å². The number of hydrogen-bond donors (Lipinski definition) is 0. The predicted molar refractivity (Wildman–Crippen MR) is 26.5 cm³/mol. The number of aliphatic imine (C=N–C) groups is 2. The van der Waals surface area contributed by atoms with Crippen molar-refractivity contribution < 1.29 is 14.3 Å². The number of carbonyl (C=O) groups is 1. The van der Waals surface area contributed by atoms with E-state index >= 15 is 0 Å². The van der Waals surface area contributed by atoms with E-state index in [0.717, 1.165) is 0 Å². The second-order valence-electron chi connectivity index (χ2n) is 1.28. The average Bonchev–Trinajstić information content (AvgIpc) is 2.17. The van der Waals surface area contributed by atoms with Crippen LogP contribution in [-0.4, -0.2) is 24.6 Å². The molecule has 9 heavy (non-hydrogen) atoms. The molecule has 1 heterocycles. The molecule has 0 bridgehead atoms. The fourth-order valence-corrected chi connectivity index (χ4v) is 0.394.